The van der Waals surface area contributed by atoms with E-state index in [0.717, 1.165) is 67.5 Å². The molecule has 0 aromatic carbocycles. The zero-order valence-corrected chi connectivity index (χ0v) is 20.4. The summed E-state index contributed by atoms with van der Waals surface area (Å²) >= 11 is 0. The van der Waals surface area contributed by atoms with Gasteiger partial charge in [-0.1, -0.05) is 26.7 Å². The van der Waals surface area contributed by atoms with Gasteiger partial charge in [-0.2, -0.15) is 5.10 Å². The number of amides is 1. The van der Waals surface area contributed by atoms with E-state index in [-0.39, 0.29) is 5.91 Å². The number of rotatable bonds is 9. The van der Waals surface area contributed by atoms with Crippen LogP contribution in [0.2, 0.25) is 0 Å². The van der Waals surface area contributed by atoms with Crippen LogP contribution in [-0.4, -0.2) is 69.4 Å². The molecule has 8 nitrogen and oxygen atoms in total. The normalized spacial score (nSPS) is 15.8. The van der Waals surface area contributed by atoms with Crippen LogP contribution < -0.4 is 5.32 Å². The highest BCUT2D eigenvalue weighted by Gasteiger charge is 2.27. The summed E-state index contributed by atoms with van der Waals surface area (Å²) in [5, 5.41) is 7.84. The molecule has 2 aromatic heterocycles. The minimum Gasteiger partial charge on any atom is -0.379 e. The predicted octanol–water partition coefficient (Wildman–Crippen LogP) is 2.69. The summed E-state index contributed by atoms with van der Waals surface area (Å²) in [6.07, 6.45) is 2.52. The number of ether oxygens (including phenoxy) is 1. The smallest absolute Gasteiger partial charge is 0.251 e. The van der Waals surface area contributed by atoms with Crippen molar-refractivity contribution in [3.8, 4) is 5.95 Å². The van der Waals surface area contributed by atoms with Gasteiger partial charge in [-0.05, 0) is 39.7 Å². The molecule has 2 aromatic rings. The van der Waals surface area contributed by atoms with Gasteiger partial charge in [0.05, 0.1) is 25.3 Å². The van der Waals surface area contributed by atoms with Gasteiger partial charge in [0.15, 0.2) is 0 Å². The van der Waals surface area contributed by atoms with E-state index in [0.29, 0.717) is 30.9 Å². The third kappa shape index (κ3) is 5.72. The third-order valence-electron chi connectivity index (χ3n) is 6.55. The Balaban J connectivity index is 1.70. The van der Waals surface area contributed by atoms with Gasteiger partial charge in [-0.25, -0.2) is 14.6 Å². The van der Waals surface area contributed by atoms with Crippen molar-refractivity contribution in [2.24, 2.45) is 5.92 Å². The van der Waals surface area contributed by atoms with Crippen LogP contribution in [0, 0.1) is 33.6 Å². The maximum absolute atomic E-state index is 12.9. The van der Waals surface area contributed by atoms with Crippen LogP contribution in [0.15, 0.2) is 6.07 Å². The van der Waals surface area contributed by atoms with E-state index in [2.05, 4.69) is 39.1 Å². The van der Waals surface area contributed by atoms with E-state index in [4.69, 9.17) is 4.74 Å². The van der Waals surface area contributed by atoms with Gasteiger partial charge < -0.3 is 10.1 Å². The topological polar surface area (TPSA) is 85.2 Å². The maximum Gasteiger partial charge on any atom is 0.251 e. The number of hydrogen-bond acceptors (Lipinski definition) is 6. The Morgan fingerprint density at radius 1 is 1.09 bits per heavy atom. The van der Waals surface area contributed by atoms with Crippen molar-refractivity contribution in [3.05, 3.63) is 34.4 Å². The van der Waals surface area contributed by atoms with E-state index < -0.39 is 0 Å². The molecule has 3 rings (SSSR count). The molecule has 1 aliphatic rings. The Morgan fingerprint density at radius 3 is 2.31 bits per heavy atom. The molecule has 3 heterocycles. The monoisotopic (exact) mass is 442 g/mol. The lowest BCUT2D eigenvalue weighted by molar-refractivity contribution is -0.121. The largest absolute Gasteiger partial charge is 0.379 e. The van der Waals surface area contributed by atoms with E-state index in [1.165, 1.54) is 0 Å². The van der Waals surface area contributed by atoms with Gasteiger partial charge in [0.25, 0.3) is 5.95 Å². The van der Waals surface area contributed by atoms with E-state index in [9.17, 15) is 4.79 Å². The fourth-order valence-electron chi connectivity index (χ4n) is 4.70. The quantitative estimate of drug-likeness (QED) is 0.643. The molecule has 0 spiro atoms. The zero-order chi connectivity index (χ0) is 23.3. The first-order valence-corrected chi connectivity index (χ1v) is 11.8. The average Bonchev–Trinajstić information content (AvgIpc) is 3.05. The van der Waals surface area contributed by atoms with Crippen LogP contribution in [0.1, 0.15) is 55.0 Å². The molecule has 1 atom stereocenters. The second-order valence-electron chi connectivity index (χ2n) is 8.79. The zero-order valence-electron chi connectivity index (χ0n) is 20.4. The molecule has 8 heteroatoms. The molecule has 1 fully saturated rings. The number of nitrogens with one attached hydrogen (secondary N) is 1. The lowest BCUT2D eigenvalue weighted by atomic mass is 9.92. The van der Waals surface area contributed by atoms with Crippen LogP contribution >= 0.6 is 0 Å². The fourth-order valence-corrected chi connectivity index (χ4v) is 4.70. The van der Waals surface area contributed by atoms with Crippen molar-refractivity contribution in [1.29, 1.82) is 0 Å². The Kier molecular flexibility index (Phi) is 8.37. The van der Waals surface area contributed by atoms with Gasteiger partial charge in [-0.3, -0.25) is 9.69 Å². The summed E-state index contributed by atoms with van der Waals surface area (Å²) < 4.78 is 7.28. The molecule has 1 N–H and O–H groups in total. The average molecular weight is 443 g/mol. The van der Waals surface area contributed by atoms with Crippen LogP contribution in [0.3, 0.4) is 0 Å². The molecular weight excluding hydrogens is 404 g/mol. The molecule has 0 radical (unpaired) electrons. The Labute approximate surface area is 191 Å². The summed E-state index contributed by atoms with van der Waals surface area (Å²) in [5.74, 6) is 1.14. The number of carbonyl (C=O) groups excluding carboxylic acids is 1. The van der Waals surface area contributed by atoms with Crippen LogP contribution in [-0.2, 0) is 16.0 Å². The highest BCUT2D eigenvalue weighted by atomic mass is 16.5. The summed E-state index contributed by atoms with van der Waals surface area (Å²) in [5.41, 5.74) is 4.48. The number of carbonyl (C=O) groups is 1. The molecule has 0 aliphatic carbocycles. The molecule has 1 saturated heterocycles. The van der Waals surface area contributed by atoms with Gasteiger partial charge in [0, 0.05) is 48.3 Å². The first-order chi connectivity index (χ1) is 15.3. The lowest BCUT2D eigenvalue weighted by Gasteiger charge is -2.38. The van der Waals surface area contributed by atoms with E-state index >= 15 is 0 Å². The summed E-state index contributed by atoms with van der Waals surface area (Å²) in [6, 6.07) is 2.28. The molecular formula is C24H38N6O2. The second-order valence-corrected chi connectivity index (χ2v) is 8.79. The number of nitrogens with zero attached hydrogens (tertiary/aromatic N) is 5. The molecule has 0 bridgehead atoms. The first-order valence-electron chi connectivity index (χ1n) is 11.8. The SMILES string of the molecule is CCC(CC)C(CNC(=O)Cc1c(C)nn(-c2nc(C)cc(C)n2)c1C)N1CCOCC1. The highest BCUT2D eigenvalue weighted by Crippen LogP contribution is 2.20. The van der Waals surface area contributed by atoms with Crippen molar-refractivity contribution in [3.63, 3.8) is 0 Å². The van der Waals surface area contributed by atoms with Crippen molar-refractivity contribution in [1.82, 2.24) is 30.0 Å². The number of morpholine rings is 1. The number of aromatic nitrogens is 4. The Morgan fingerprint density at radius 2 is 1.72 bits per heavy atom. The van der Waals surface area contributed by atoms with Gasteiger partial charge in [0.1, 0.15) is 0 Å². The minimum atomic E-state index is 0.0290. The van der Waals surface area contributed by atoms with Crippen molar-refractivity contribution in [2.75, 3.05) is 32.8 Å². The Hall–Kier alpha value is -2.32. The van der Waals surface area contributed by atoms with Crippen molar-refractivity contribution < 1.29 is 9.53 Å². The third-order valence-corrected chi connectivity index (χ3v) is 6.55. The highest BCUT2D eigenvalue weighted by molar-refractivity contribution is 5.79. The van der Waals surface area contributed by atoms with Crippen LogP contribution in [0.5, 0.6) is 0 Å². The second kappa shape index (κ2) is 11.0. The Bertz CT molecular complexity index is 895. The number of hydrogen-bond donors (Lipinski definition) is 1. The van der Waals surface area contributed by atoms with Crippen molar-refractivity contribution >= 4 is 5.91 Å². The molecule has 1 unspecified atom stereocenters. The van der Waals surface area contributed by atoms with Crippen molar-refractivity contribution in [2.45, 2.75) is 66.8 Å². The van der Waals surface area contributed by atoms with E-state index in [1.54, 1.807) is 4.68 Å². The van der Waals surface area contributed by atoms with E-state index in [1.807, 2.05) is 33.8 Å². The lowest BCUT2D eigenvalue weighted by Crippen LogP contribution is -2.52. The van der Waals surface area contributed by atoms with Gasteiger partial charge in [0.2, 0.25) is 5.91 Å². The van der Waals surface area contributed by atoms with Crippen LogP contribution in [0.25, 0.3) is 5.95 Å². The van der Waals surface area contributed by atoms with Crippen LogP contribution in [0.4, 0.5) is 0 Å². The van der Waals surface area contributed by atoms with Gasteiger partial charge in [-0.15, -0.1) is 0 Å². The molecule has 176 valence electrons. The standard InChI is InChI=1S/C24H38N6O2/c1-7-20(8-2)22(29-9-11-32-12-10-29)15-25-23(31)14-21-18(5)28-30(19(21)6)24-26-16(3)13-17(4)27-24/h13,20,22H,7-12,14-15H2,1-6H3,(H,25,31). The fraction of sp³-hybridized carbons (Fsp3) is 0.667. The molecule has 1 aliphatic heterocycles. The minimum absolute atomic E-state index is 0.0290. The summed E-state index contributed by atoms with van der Waals surface area (Å²) in [6.45, 7) is 16.3. The maximum atomic E-state index is 12.9. The summed E-state index contributed by atoms with van der Waals surface area (Å²) in [7, 11) is 0. The first kappa shape index (κ1) is 24.3. The van der Waals surface area contributed by atoms with Gasteiger partial charge >= 0.3 is 0 Å². The molecule has 0 saturated carbocycles. The number of aryl methyl sites for hydroxylation is 3. The summed E-state index contributed by atoms with van der Waals surface area (Å²) in [4.78, 5) is 24.5. The molecule has 32 heavy (non-hydrogen) atoms. The molecule has 1 amide bonds. The predicted molar refractivity (Wildman–Crippen MR) is 125 cm³/mol.